The highest BCUT2D eigenvalue weighted by molar-refractivity contribution is 7.88. The van der Waals surface area contributed by atoms with Crippen molar-refractivity contribution in [3.05, 3.63) is 0 Å². The lowest BCUT2D eigenvalue weighted by Gasteiger charge is -2.25. The van der Waals surface area contributed by atoms with Gasteiger partial charge in [0.1, 0.15) is 0 Å². The first kappa shape index (κ1) is 13.9. The van der Waals surface area contributed by atoms with E-state index in [9.17, 15) is 21.6 Å². The van der Waals surface area contributed by atoms with Crippen molar-refractivity contribution < 1.29 is 25.5 Å². The third-order valence-corrected chi connectivity index (χ3v) is 6.95. The number of rotatable bonds is 2. The summed E-state index contributed by atoms with van der Waals surface area (Å²) in [5.41, 5.74) is -5.32. The van der Waals surface area contributed by atoms with Crippen LogP contribution in [-0.2, 0) is 14.0 Å². The minimum Gasteiger partial charge on any atom is -0.312 e. The van der Waals surface area contributed by atoms with E-state index in [0.717, 1.165) is 0 Å². The van der Waals surface area contributed by atoms with Gasteiger partial charge in [0.25, 0.3) is 0 Å². The average Bonchev–Trinajstić information content (AvgIpc) is 1.80. The van der Waals surface area contributed by atoms with Crippen LogP contribution >= 0.6 is 0 Å². The Morgan fingerprint density at radius 2 is 1.50 bits per heavy atom. The van der Waals surface area contributed by atoms with Crippen molar-refractivity contribution in [3.63, 3.8) is 0 Å². The highest BCUT2D eigenvalue weighted by Gasteiger charge is 2.49. The number of halogens is 3. The van der Waals surface area contributed by atoms with Gasteiger partial charge in [0.2, 0.25) is 9.04 Å². The van der Waals surface area contributed by atoms with Crippen LogP contribution in [0.25, 0.3) is 0 Å². The molecule has 0 saturated heterocycles. The first-order valence-electron chi connectivity index (χ1n) is 3.87. The topological polar surface area (TPSA) is 43.4 Å². The zero-order valence-corrected chi connectivity index (χ0v) is 10.3. The van der Waals surface area contributed by atoms with E-state index in [-0.39, 0.29) is 0 Å². The normalized spacial score (nSPS) is 16.8. The SMILES string of the molecule is C[SiH](OS(=O)(=O)C(F)(F)F)C(C)(C)C. The molecule has 8 heteroatoms. The van der Waals surface area contributed by atoms with Crippen LogP contribution in [0.5, 0.6) is 0 Å². The molecule has 0 rings (SSSR count). The molecule has 0 aliphatic rings. The molecule has 1 atom stereocenters. The van der Waals surface area contributed by atoms with Crippen molar-refractivity contribution in [2.45, 2.75) is 37.9 Å². The quantitative estimate of drug-likeness (QED) is 0.556. The van der Waals surface area contributed by atoms with E-state index < -0.39 is 29.7 Å². The van der Waals surface area contributed by atoms with Gasteiger partial charge in [-0.25, -0.2) is 0 Å². The summed E-state index contributed by atoms with van der Waals surface area (Å²) in [6.07, 6.45) is 0. The van der Waals surface area contributed by atoms with Crippen LogP contribution in [0.4, 0.5) is 13.2 Å². The molecule has 0 aliphatic heterocycles. The molecule has 0 bridgehead atoms. The molecule has 0 fully saturated rings. The summed E-state index contributed by atoms with van der Waals surface area (Å²) in [4.78, 5) is 0. The number of hydrogen-bond donors (Lipinski definition) is 0. The van der Waals surface area contributed by atoms with Gasteiger partial charge in [-0.3, -0.25) is 0 Å². The maximum Gasteiger partial charge on any atom is 0.522 e. The summed E-state index contributed by atoms with van der Waals surface area (Å²) in [5, 5.41) is -0.529. The summed E-state index contributed by atoms with van der Waals surface area (Å²) >= 11 is 0. The van der Waals surface area contributed by atoms with E-state index in [1.807, 2.05) is 0 Å². The van der Waals surface area contributed by atoms with Crippen molar-refractivity contribution in [1.82, 2.24) is 0 Å². The molecular weight excluding hydrogens is 237 g/mol. The third kappa shape index (κ3) is 3.58. The molecule has 14 heavy (non-hydrogen) atoms. The fourth-order valence-corrected chi connectivity index (χ4v) is 3.50. The molecule has 0 spiro atoms. The molecule has 0 aliphatic carbocycles. The van der Waals surface area contributed by atoms with Crippen molar-refractivity contribution in [2.24, 2.45) is 0 Å². The molecule has 0 aromatic carbocycles. The van der Waals surface area contributed by atoms with Gasteiger partial charge < -0.3 is 3.87 Å². The Labute approximate surface area is 83.1 Å². The van der Waals surface area contributed by atoms with Crippen molar-refractivity contribution in [1.29, 1.82) is 0 Å². The molecule has 0 N–H and O–H groups in total. The Hall–Kier alpha value is -0.0831. The van der Waals surface area contributed by atoms with Crippen LogP contribution in [0, 0.1) is 0 Å². The van der Waals surface area contributed by atoms with E-state index in [2.05, 4.69) is 3.87 Å². The predicted octanol–water partition coefficient (Wildman–Crippen LogP) is 2.01. The number of alkyl halides is 3. The number of hydrogen-bond acceptors (Lipinski definition) is 3. The van der Waals surface area contributed by atoms with Crippen LogP contribution in [0.2, 0.25) is 11.6 Å². The lowest BCUT2D eigenvalue weighted by molar-refractivity contribution is -0.0502. The highest BCUT2D eigenvalue weighted by Crippen LogP contribution is 2.32. The van der Waals surface area contributed by atoms with Gasteiger partial charge in [0.15, 0.2) is 0 Å². The van der Waals surface area contributed by atoms with Crippen LogP contribution in [-0.4, -0.2) is 23.0 Å². The van der Waals surface area contributed by atoms with E-state index in [0.29, 0.717) is 0 Å². The molecule has 0 saturated carbocycles. The Balaban J connectivity index is 4.72. The van der Waals surface area contributed by atoms with Gasteiger partial charge in [-0.2, -0.15) is 21.6 Å². The Morgan fingerprint density at radius 1 is 1.14 bits per heavy atom. The fourth-order valence-electron chi connectivity index (χ4n) is 0.389. The lowest BCUT2D eigenvalue weighted by Crippen LogP contribution is -2.35. The standard InChI is InChI=1S/C6H13F3O3SSi/c1-5(2,3)14(4)12-13(10,11)6(7,8)9/h14H,1-4H3. The molecular formula is C6H13F3O3SSi. The Bertz CT molecular complexity index is 290. The summed E-state index contributed by atoms with van der Waals surface area (Å²) in [6.45, 7) is 6.37. The second-order valence-corrected chi connectivity index (χ2v) is 9.16. The largest absolute Gasteiger partial charge is 0.522 e. The summed E-state index contributed by atoms with van der Waals surface area (Å²) in [6, 6.07) is 0. The van der Waals surface area contributed by atoms with Crippen LogP contribution in [0.15, 0.2) is 0 Å². The monoisotopic (exact) mass is 250 g/mol. The molecule has 1 unspecified atom stereocenters. The smallest absolute Gasteiger partial charge is 0.312 e. The second kappa shape index (κ2) is 3.82. The van der Waals surface area contributed by atoms with Crippen molar-refractivity contribution >= 4 is 19.2 Å². The van der Waals surface area contributed by atoms with Crippen molar-refractivity contribution in [3.8, 4) is 0 Å². The summed E-state index contributed by atoms with van der Waals surface area (Å²) in [7, 11) is -7.84. The average molecular weight is 250 g/mol. The maximum atomic E-state index is 11.9. The van der Waals surface area contributed by atoms with Gasteiger partial charge in [0, 0.05) is 0 Å². The summed E-state index contributed by atoms with van der Waals surface area (Å²) in [5.74, 6) is 0. The molecule has 0 aromatic heterocycles. The van der Waals surface area contributed by atoms with Gasteiger partial charge in [-0.1, -0.05) is 20.8 Å². The van der Waals surface area contributed by atoms with E-state index in [1.54, 1.807) is 20.8 Å². The van der Waals surface area contributed by atoms with Crippen LogP contribution in [0.1, 0.15) is 20.8 Å². The minimum absolute atomic E-state index is 0.529. The maximum absolute atomic E-state index is 11.9. The van der Waals surface area contributed by atoms with Crippen molar-refractivity contribution in [2.75, 3.05) is 0 Å². The molecule has 86 valence electrons. The van der Waals surface area contributed by atoms with E-state index in [1.165, 1.54) is 6.55 Å². The Kier molecular flexibility index (Phi) is 3.80. The Morgan fingerprint density at radius 3 is 1.71 bits per heavy atom. The third-order valence-electron chi connectivity index (χ3n) is 1.77. The molecule has 0 aromatic rings. The highest BCUT2D eigenvalue weighted by atomic mass is 32.2. The zero-order valence-electron chi connectivity index (χ0n) is 8.34. The molecule has 0 radical (unpaired) electrons. The zero-order chi connectivity index (χ0) is 11.8. The van der Waals surface area contributed by atoms with E-state index >= 15 is 0 Å². The fraction of sp³-hybridized carbons (Fsp3) is 1.00. The van der Waals surface area contributed by atoms with Gasteiger partial charge in [-0.05, 0) is 11.6 Å². The minimum atomic E-state index is -5.42. The molecule has 0 heterocycles. The van der Waals surface area contributed by atoms with E-state index in [4.69, 9.17) is 0 Å². The first-order chi connectivity index (χ1) is 5.88. The van der Waals surface area contributed by atoms with Crippen LogP contribution in [0.3, 0.4) is 0 Å². The second-order valence-electron chi connectivity index (χ2n) is 4.00. The first-order valence-corrected chi connectivity index (χ1v) is 7.48. The lowest BCUT2D eigenvalue weighted by atomic mass is 10.3. The summed E-state index contributed by atoms with van der Waals surface area (Å²) < 4.78 is 61.0. The molecule has 0 amide bonds. The van der Waals surface area contributed by atoms with Crippen LogP contribution < -0.4 is 0 Å². The predicted molar refractivity (Wildman–Crippen MR) is 48.8 cm³/mol. The van der Waals surface area contributed by atoms with Gasteiger partial charge in [-0.15, -0.1) is 0 Å². The molecule has 3 nitrogen and oxygen atoms in total. The van der Waals surface area contributed by atoms with Gasteiger partial charge in [0.05, 0.1) is 0 Å². The van der Waals surface area contributed by atoms with Gasteiger partial charge >= 0.3 is 15.6 Å².